The summed E-state index contributed by atoms with van der Waals surface area (Å²) in [5.74, 6) is -0.295. The van der Waals surface area contributed by atoms with Gasteiger partial charge < -0.3 is 9.47 Å². The summed E-state index contributed by atoms with van der Waals surface area (Å²) in [5, 5.41) is 0. The Balaban J connectivity index is 1.61. The highest BCUT2D eigenvalue weighted by Crippen LogP contribution is 2.23. The first kappa shape index (κ1) is 14.8. The smallest absolute Gasteiger partial charge is 0.157 e. The van der Waals surface area contributed by atoms with Gasteiger partial charge in [-0.1, -0.05) is 0 Å². The van der Waals surface area contributed by atoms with Crippen molar-refractivity contribution in [2.75, 3.05) is 19.0 Å². The van der Waals surface area contributed by atoms with E-state index in [1.54, 1.807) is 0 Å². The number of hydrogen-bond acceptors (Lipinski definition) is 3. The lowest BCUT2D eigenvalue weighted by Crippen LogP contribution is -2.22. The molecule has 0 radical (unpaired) electrons. The summed E-state index contributed by atoms with van der Waals surface area (Å²) in [4.78, 5) is 0.482. The molecule has 0 spiro atoms. The summed E-state index contributed by atoms with van der Waals surface area (Å²) in [6, 6.07) is 3.66. The number of ether oxygens (including phenoxy) is 2. The van der Waals surface area contributed by atoms with E-state index < -0.39 is 11.6 Å². The minimum atomic E-state index is -0.542. The molecule has 106 valence electrons. The van der Waals surface area contributed by atoms with Crippen LogP contribution in [0.1, 0.15) is 25.7 Å². The van der Waals surface area contributed by atoms with E-state index in [0.717, 1.165) is 44.1 Å². The summed E-state index contributed by atoms with van der Waals surface area (Å²) >= 11 is 1.38. The van der Waals surface area contributed by atoms with Crippen LogP contribution in [0.15, 0.2) is 23.1 Å². The maximum atomic E-state index is 13.3. The van der Waals surface area contributed by atoms with Crippen LogP contribution in [-0.4, -0.2) is 25.3 Å². The average Bonchev–Trinajstić information content (AvgIpc) is 2.42. The quantitative estimate of drug-likeness (QED) is 0.582. The summed E-state index contributed by atoms with van der Waals surface area (Å²) < 4.78 is 37.1. The van der Waals surface area contributed by atoms with E-state index in [4.69, 9.17) is 9.47 Å². The third kappa shape index (κ3) is 5.09. The average molecular weight is 288 g/mol. The zero-order chi connectivity index (χ0) is 13.5. The molecule has 5 heteroatoms. The van der Waals surface area contributed by atoms with Gasteiger partial charge in [0, 0.05) is 23.3 Å². The van der Waals surface area contributed by atoms with E-state index in [9.17, 15) is 8.78 Å². The molecule has 0 amide bonds. The van der Waals surface area contributed by atoms with E-state index >= 15 is 0 Å². The maximum Gasteiger partial charge on any atom is 0.157 e. The van der Waals surface area contributed by atoms with Crippen LogP contribution in [-0.2, 0) is 9.47 Å². The molecule has 0 N–H and O–H groups in total. The van der Waals surface area contributed by atoms with E-state index in [0.29, 0.717) is 11.5 Å². The third-order valence-electron chi connectivity index (χ3n) is 2.88. The van der Waals surface area contributed by atoms with Gasteiger partial charge in [0.15, 0.2) is 6.29 Å². The zero-order valence-corrected chi connectivity index (χ0v) is 11.6. The van der Waals surface area contributed by atoms with Gasteiger partial charge in [0.1, 0.15) is 11.6 Å². The molecule has 2 nitrogen and oxygen atoms in total. The van der Waals surface area contributed by atoms with Crippen molar-refractivity contribution in [2.45, 2.75) is 36.9 Å². The highest BCUT2D eigenvalue weighted by atomic mass is 32.2. The summed E-state index contributed by atoms with van der Waals surface area (Å²) in [6.07, 6.45) is 3.97. The van der Waals surface area contributed by atoms with Gasteiger partial charge in [-0.15, -0.1) is 11.8 Å². The normalized spacial score (nSPS) is 19.6. The van der Waals surface area contributed by atoms with Gasteiger partial charge in [-0.05, 0) is 37.8 Å². The second kappa shape index (κ2) is 7.82. The molecule has 2 rings (SSSR count). The maximum absolute atomic E-state index is 13.3. The van der Waals surface area contributed by atoms with E-state index in [-0.39, 0.29) is 6.29 Å². The van der Waals surface area contributed by atoms with Crippen molar-refractivity contribution in [3.05, 3.63) is 29.8 Å². The molecule has 1 aliphatic rings. The van der Waals surface area contributed by atoms with Gasteiger partial charge in [-0.2, -0.15) is 0 Å². The van der Waals surface area contributed by atoms with Crippen LogP contribution in [0.3, 0.4) is 0 Å². The van der Waals surface area contributed by atoms with E-state index in [1.165, 1.54) is 23.9 Å². The first-order valence-electron chi connectivity index (χ1n) is 6.57. The van der Waals surface area contributed by atoms with Gasteiger partial charge in [-0.25, -0.2) is 8.78 Å². The molecule has 1 saturated heterocycles. The van der Waals surface area contributed by atoms with Gasteiger partial charge in [-0.3, -0.25) is 0 Å². The largest absolute Gasteiger partial charge is 0.353 e. The van der Waals surface area contributed by atoms with Crippen molar-refractivity contribution < 1.29 is 18.3 Å². The lowest BCUT2D eigenvalue weighted by Gasteiger charge is -2.22. The van der Waals surface area contributed by atoms with E-state index in [2.05, 4.69) is 0 Å². The highest BCUT2D eigenvalue weighted by molar-refractivity contribution is 7.99. The van der Waals surface area contributed by atoms with Crippen LogP contribution >= 0.6 is 11.8 Å². The third-order valence-corrected chi connectivity index (χ3v) is 4.02. The van der Waals surface area contributed by atoms with Crippen molar-refractivity contribution >= 4 is 11.8 Å². The fraction of sp³-hybridized carbons (Fsp3) is 0.571. The second-order valence-electron chi connectivity index (χ2n) is 4.44. The molecular weight excluding hydrogens is 270 g/mol. The molecule has 0 aliphatic carbocycles. The number of halogens is 2. The zero-order valence-electron chi connectivity index (χ0n) is 10.7. The summed E-state index contributed by atoms with van der Waals surface area (Å²) in [5.41, 5.74) is 0. The van der Waals surface area contributed by atoms with Gasteiger partial charge >= 0.3 is 0 Å². The monoisotopic (exact) mass is 288 g/mol. The highest BCUT2D eigenvalue weighted by Gasteiger charge is 2.13. The minimum Gasteiger partial charge on any atom is -0.353 e. The number of rotatable bonds is 6. The minimum absolute atomic E-state index is 0.0682. The Morgan fingerprint density at radius 3 is 2.95 bits per heavy atom. The number of benzene rings is 1. The molecule has 1 atom stereocenters. The first-order chi connectivity index (χ1) is 9.25. The molecule has 0 saturated carbocycles. The summed E-state index contributed by atoms with van der Waals surface area (Å²) in [6.45, 7) is 1.39. The fourth-order valence-electron chi connectivity index (χ4n) is 1.89. The lowest BCUT2D eigenvalue weighted by atomic mass is 10.2. The molecule has 1 aromatic carbocycles. The molecule has 1 aromatic rings. The second-order valence-corrected chi connectivity index (χ2v) is 5.58. The van der Waals surface area contributed by atoms with Crippen LogP contribution < -0.4 is 0 Å². The Morgan fingerprint density at radius 1 is 1.32 bits per heavy atom. The molecule has 0 aromatic heterocycles. The van der Waals surface area contributed by atoms with Crippen LogP contribution in [0.4, 0.5) is 8.78 Å². The predicted molar refractivity (Wildman–Crippen MR) is 71.2 cm³/mol. The lowest BCUT2D eigenvalue weighted by molar-refractivity contribution is -0.162. The van der Waals surface area contributed by atoms with Crippen LogP contribution in [0.2, 0.25) is 0 Å². The number of thioether (sulfide) groups is 1. The number of hydrogen-bond donors (Lipinski definition) is 0. The Morgan fingerprint density at radius 2 is 2.21 bits per heavy atom. The fourth-order valence-corrected chi connectivity index (χ4v) is 2.73. The van der Waals surface area contributed by atoms with E-state index in [1.807, 2.05) is 0 Å². The molecule has 0 bridgehead atoms. The predicted octanol–water partition coefficient (Wildman–Crippen LogP) is 3.99. The summed E-state index contributed by atoms with van der Waals surface area (Å²) in [7, 11) is 0. The molecule has 19 heavy (non-hydrogen) atoms. The Labute approximate surface area is 116 Å². The van der Waals surface area contributed by atoms with Crippen molar-refractivity contribution in [2.24, 2.45) is 0 Å². The van der Waals surface area contributed by atoms with Crippen LogP contribution in [0.25, 0.3) is 0 Å². The molecule has 1 aliphatic heterocycles. The Kier molecular flexibility index (Phi) is 6.07. The molecule has 0 unspecified atom stereocenters. The SMILES string of the molecule is Fc1ccc(SCCCO[C@@H]2CCCCO2)c(F)c1. The first-order valence-corrected chi connectivity index (χ1v) is 7.55. The Hall–Kier alpha value is -0.650. The molecule has 1 heterocycles. The molecular formula is C14H18F2O2S. The van der Waals surface area contributed by atoms with Crippen molar-refractivity contribution in [1.29, 1.82) is 0 Å². The van der Waals surface area contributed by atoms with Crippen molar-refractivity contribution in [3.8, 4) is 0 Å². The topological polar surface area (TPSA) is 18.5 Å². The van der Waals surface area contributed by atoms with Gasteiger partial charge in [0.25, 0.3) is 0 Å². The Bertz CT molecular complexity index is 395. The van der Waals surface area contributed by atoms with Crippen molar-refractivity contribution in [3.63, 3.8) is 0 Å². The standard InChI is InChI=1S/C14H18F2O2S/c15-11-5-6-13(12(16)10-11)19-9-3-8-18-14-4-1-2-7-17-14/h5-6,10,14H,1-4,7-9H2/t14-/m1/s1. The molecule has 1 fully saturated rings. The van der Waals surface area contributed by atoms with Crippen LogP contribution in [0, 0.1) is 11.6 Å². The van der Waals surface area contributed by atoms with Crippen molar-refractivity contribution in [1.82, 2.24) is 0 Å². The van der Waals surface area contributed by atoms with Gasteiger partial charge in [0.05, 0.1) is 6.61 Å². The van der Waals surface area contributed by atoms with Gasteiger partial charge in [0.2, 0.25) is 0 Å². The van der Waals surface area contributed by atoms with Crippen LogP contribution in [0.5, 0.6) is 0 Å².